The summed E-state index contributed by atoms with van der Waals surface area (Å²) >= 11 is 1.41. The number of ether oxygens (including phenoxy) is 1. The molecule has 4 nitrogen and oxygen atoms in total. The number of sulfone groups is 1. The fourth-order valence-corrected chi connectivity index (χ4v) is 5.64. The van der Waals surface area contributed by atoms with Crippen molar-refractivity contribution in [2.45, 2.75) is 43.0 Å². The van der Waals surface area contributed by atoms with Crippen molar-refractivity contribution in [2.24, 2.45) is 5.41 Å². The summed E-state index contributed by atoms with van der Waals surface area (Å²) in [5.74, 6) is 0. The van der Waals surface area contributed by atoms with Crippen molar-refractivity contribution in [2.75, 3.05) is 26.0 Å². The maximum Gasteiger partial charge on any atom is 0.184 e. The summed E-state index contributed by atoms with van der Waals surface area (Å²) in [6.07, 6.45) is 5.37. The molecule has 0 amide bonds. The number of likely N-dealkylation sites (tertiary alicyclic amines) is 1. The zero-order valence-corrected chi connectivity index (χ0v) is 14.3. The van der Waals surface area contributed by atoms with E-state index in [0.29, 0.717) is 15.7 Å². The van der Waals surface area contributed by atoms with Gasteiger partial charge in [-0.3, -0.25) is 4.90 Å². The maximum atomic E-state index is 11.5. The average molecular weight is 329 g/mol. The molecule has 1 saturated carbocycles. The van der Waals surface area contributed by atoms with E-state index in [0.717, 1.165) is 31.1 Å². The molecule has 0 atom stereocenters. The normalized spacial score (nSPS) is 29.9. The number of thiophene rings is 1. The van der Waals surface area contributed by atoms with Gasteiger partial charge in [0.25, 0.3) is 0 Å². The third-order valence-electron chi connectivity index (χ3n) is 4.62. The molecule has 0 aromatic carbocycles. The van der Waals surface area contributed by atoms with Crippen LogP contribution in [0.15, 0.2) is 16.3 Å². The van der Waals surface area contributed by atoms with Gasteiger partial charge in [0, 0.05) is 30.8 Å². The van der Waals surface area contributed by atoms with E-state index < -0.39 is 9.84 Å². The molecule has 118 valence electrons. The van der Waals surface area contributed by atoms with E-state index in [-0.39, 0.29) is 0 Å². The van der Waals surface area contributed by atoms with Crippen LogP contribution in [0.3, 0.4) is 0 Å². The maximum absolute atomic E-state index is 11.5. The molecular weight excluding hydrogens is 306 g/mol. The van der Waals surface area contributed by atoms with Crippen molar-refractivity contribution in [3.8, 4) is 0 Å². The van der Waals surface area contributed by atoms with Gasteiger partial charge in [-0.1, -0.05) is 0 Å². The molecule has 0 unspecified atom stereocenters. The quantitative estimate of drug-likeness (QED) is 0.833. The lowest BCUT2D eigenvalue weighted by molar-refractivity contribution is -0.0718. The van der Waals surface area contributed by atoms with Crippen molar-refractivity contribution in [1.82, 2.24) is 4.90 Å². The highest BCUT2D eigenvalue weighted by Crippen LogP contribution is 2.49. The molecular formula is C15H23NO3S2. The molecule has 1 aromatic rings. The van der Waals surface area contributed by atoms with Crippen LogP contribution >= 0.6 is 11.3 Å². The molecule has 2 fully saturated rings. The Balaban J connectivity index is 1.55. The largest absolute Gasteiger partial charge is 0.378 e. The summed E-state index contributed by atoms with van der Waals surface area (Å²) < 4.78 is 29.2. The number of nitrogens with zero attached hydrogens (tertiary/aromatic N) is 1. The highest BCUT2D eigenvalue weighted by molar-refractivity contribution is 7.92. The average Bonchev–Trinajstić information content (AvgIpc) is 2.96. The molecule has 1 aliphatic heterocycles. The minimum Gasteiger partial charge on any atom is -0.378 e. The Morgan fingerprint density at radius 2 is 2.19 bits per heavy atom. The molecule has 1 saturated heterocycles. The smallest absolute Gasteiger partial charge is 0.184 e. The summed E-state index contributed by atoms with van der Waals surface area (Å²) in [6.45, 7) is 5.99. The Kier molecular flexibility index (Phi) is 4.16. The van der Waals surface area contributed by atoms with Gasteiger partial charge < -0.3 is 4.74 Å². The van der Waals surface area contributed by atoms with Crippen molar-refractivity contribution in [1.29, 1.82) is 0 Å². The molecule has 0 radical (unpaired) electrons. The highest BCUT2D eigenvalue weighted by atomic mass is 32.2. The van der Waals surface area contributed by atoms with Crippen LogP contribution in [0.2, 0.25) is 0 Å². The van der Waals surface area contributed by atoms with Crippen LogP contribution in [0, 0.1) is 5.41 Å². The van der Waals surface area contributed by atoms with E-state index in [1.54, 1.807) is 6.07 Å². The summed E-state index contributed by atoms with van der Waals surface area (Å²) in [4.78, 5) is 3.60. The third-order valence-corrected chi connectivity index (χ3v) is 7.51. The number of hydrogen-bond donors (Lipinski definition) is 0. The predicted octanol–water partition coefficient (Wildman–Crippen LogP) is 2.54. The molecule has 1 aromatic heterocycles. The molecule has 1 aliphatic carbocycles. The molecule has 0 bridgehead atoms. The first-order valence-corrected chi connectivity index (χ1v) is 10.2. The fourth-order valence-electron chi connectivity index (χ4n) is 3.62. The molecule has 2 heterocycles. The Bertz CT molecular complexity index is 602. The van der Waals surface area contributed by atoms with Crippen LogP contribution in [0.25, 0.3) is 0 Å². The summed E-state index contributed by atoms with van der Waals surface area (Å²) in [7, 11) is -3.06. The van der Waals surface area contributed by atoms with Crippen LogP contribution in [0.5, 0.6) is 0 Å². The topological polar surface area (TPSA) is 46.6 Å². The highest BCUT2D eigenvalue weighted by Gasteiger charge is 2.48. The van der Waals surface area contributed by atoms with Gasteiger partial charge >= 0.3 is 0 Å². The van der Waals surface area contributed by atoms with Gasteiger partial charge in [-0.25, -0.2) is 8.42 Å². The second-order valence-electron chi connectivity index (χ2n) is 6.44. The summed E-state index contributed by atoms with van der Waals surface area (Å²) in [5.41, 5.74) is 0.469. The number of rotatable bonds is 5. The molecule has 3 rings (SSSR count). The van der Waals surface area contributed by atoms with Gasteiger partial charge in [-0.2, -0.15) is 0 Å². The lowest BCUT2D eigenvalue weighted by atomic mass is 9.66. The van der Waals surface area contributed by atoms with Gasteiger partial charge in [-0.15, -0.1) is 11.3 Å². The Labute approximate surface area is 131 Å². The van der Waals surface area contributed by atoms with Crippen LogP contribution in [-0.4, -0.2) is 45.4 Å². The third kappa shape index (κ3) is 3.33. The first-order valence-electron chi connectivity index (χ1n) is 7.53. The molecule has 6 heteroatoms. The Morgan fingerprint density at radius 3 is 2.81 bits per heavy atom. The summed E-state index contributed by atoms with van der Waals surface area (Å²) in [6, 6.07) is 3.69. The van der Waals surface area contributed by atoms with E-state index in [9.17, 15) is 8.42 Å². The predicted molar refractivity (Wildman–Crippen MR) is 84.4 cm³/mol. The first-order chi connectivity index (χ1) is 9.90. The van der Waals surface area contributed by atoms with Crippen LogP contribution in [-0.2, 0) is 21.1 Å². The summed E-state index contributed by atoms with van der Waals surface area (Å²) in [5, 5.41) is 0. The van der Waals surface area contributed by atoms with Crippen molar-refractivity contribution in [3.63, 3.8) is 0 Å². The minimum absolute atomic E-state index is 0.466. The van der Waals surface area contributed by atoms with Crippen molar-refractivity contribution >= 4 is 21.2 Å². The molecule has 21 heavy (non-hydrogen) atoms. The standard InChI is InChI=1S/C15H23NO3S2/c1-3-19-12-8-15(9-12)6-7-16(11-15)10-13-4-5-14(20-13)21(2,17)18/h4-5,12H,3,6-11H2,1-2H3. The van der Waals surface area contributed by atoms with Gasteiger partial charge in [0.05, 0.1) is 6.10 Å². The zero-order valence-electron chi connectivity index (χ0n) is 12.7. The van der Waals surface area contributed by atoms with Gasteiger partial charge in [-0.05, 0) is 50.3 Å². The number of hydrogen-bond acceptors (Lipinski definition) is 5. The molecule has 1 spiro atoms. The van der Waals surface area contributed by atoms with Crippen molar-refractivity contribution < 1.29 is 13.2 Å². The van der Waals surface area contributed by atoms with Crippen LogP contribution in [0.1, 0.15) is 31.1 Å². The van der Waals surface area contributed by atoms with E-state index in [2.05, 4.69) is 11.8 Å². The zero-order chi connectivity index (χ0) is 15.1. The van der Waals surface area contributed by atoms with E-state index in [4.69, 9.17) is 4.74 Å². The van der Waals surface area contributed by atoms with Crippen molar-refractivity contribution in [3.05, 3.63) is 17.0 Å². The first kappa shape index (κ1) is 15.5. The molecule has 2 aliphatic rings. The van der Waals surface area contributed by atoms with Gasteiger partial charge in [0.15, 0.2) is 9.84 Å². The van der Waals surface area contributed by atoms with E-state index in [1.165, 1.54) is 36.9 Å². The second kappa shape index (κ2) is 5.65. The monoisotopic (exact) mass is 329 g/mol. The Morgan fingerprint density at radius 1 is 1.43 bits per heavy atom. The Hall–Kier alpha value is -0.430. The van der Waals surface area contributed by atoms with Gasteiger partial charge in [0.1, 0.15) is 4.21 Å². The fraction of sp³-hybridized carbons (Fsp3) is 0.733. The van der Waals surface area contributed by atoms with E-state index in [1.807, 2.05) is 6.07 Å². The molecule has 0 N–H and O–H groups in total. The lowest BCUT2D eigenvalue weighted by Gasteiger charge is -2.44. The second-order valence-corrected chi connectivity index (χ2v) is 9.85. The van der Waals surface area contributed by atoms with E-state index >= 15 is 0 Å². The van der Waals surface area contributed by atoms with Crippen LogP contribution in [0.4, 0.5) is 0 Å². The minimum atomic E-state index is -3.06. The van der Waals surface area contributed by atoms with Gasteiger partial charge in [0.2, 0.25) is 0 Å². The van der Waals surface area contributed by atoms with Crippen LogP contribution < -0.4 is 0 Å². The lowest BCUT2D eigenvalue weighted by Crippen LogP contribution is -2.44. The SMILES string of the molecule is CCOC1CC2(CCN(Cc3ccc(S(C)(=O)=O)s3)C2)C1.